The van der Waals surface area contributed by atoms with Crippen LogP contribution in [-0.2, 0) is 6.54 Å². The molecule has 0 saturated heterocycles. The lowest BCUT2D eigenvalue weighted by Crippen LogP contribution is -2.36. The minimum absolute atomic E-state index is 0.0760. The molecule has 2 heteroatoms. The topological polar surface area (TPSA) is 23.5 Å². The van der Waals surface area contributed by atoms with E-state index in [-0.39, 0.29) is 6.61 Å². The molecule has 108 valence electrons. The number of nitrogens with zero attached hydrogens (tertiary/aromatic N) is 1. The van der Waals surface area contributed by atoms with E-state index in [0.29, 0.717) is 0 Å². The molecule has 1 aliphatic rings. The van der Waals surface area contributed by atoms with E-state index in [0.717, 1.165) is 24.7 Å². The molecule has 1 saturated carbocycles. The molecule has 0 aliphatic heterocycles. The van der Waals surface area contributed by atoms with E-state index in [9.17, 15) is 0 Å². The van der Waals surface area contributed by atoms with Gasteiger partial charge in [-0.15, -0.1) is 0 Å². The molecule has 0 amide bonds. The second kappa shape index (κ2) is 8.09. The van der Waals surface area contributed by atoms with Gasteiger partial charge < -0.3 is 5.11 Å². The molecule has 0 radical (unpaired) electrons. The molecule has 1 aromatic carbocycles. The number of rotatable bonds is 4. The highest BCUT2D eigenvalue weighted by molar-refractivity contribution is 5.37. The number of hydrogen-bond donors (Lipinski definition) is 1. The lowest BCUT2D eigenvalue weighted by atomic mass is 9.94. The second-order valence-corrected chi connectivity index (χ2v) is 5.52. The normalized spacial score (nSPS) is 15.9. The minimum atomic E-state index is -0.0760. The Hall–Kier alpha value is -1.30. The van der Waals surface area contributed by atoms with Crippen LogP contribution in [0.4, 0.5) is 0 Å². The lowest BCUT2D eigenvalue weighted by Gasteiger charge is -2.33. The Morgan fingerprint density at radius 1 is 1.25 bits per heavy atom. The Morgan fingerprint density at radius 2 is 2.05 bits per heavy atom. The van der Waals surface area contributed by atoms with E-state index in [1.165, 1.54) is 37.7 Å². The summed E-state index contributed by atoms with van der Waals surface area (Å²) in [5.41, 5.74) is 2.32. The quantitative estimate of drug-likeness (QED) is 0.850. The summed E-state index contributed by atoms with van der Waals surface area (Å²) in [6.07, 6.45) is 6.85. The third kappa shape index (κ3) is 4.37. The fourth-order valence-electron chi connectivity index (χ4n) is 3.07. The molecule has 2 rings (SSSR count). The largest absolute Gasteiger partial charge is 0.384 e. The maximum Gasteiger partial charge on any atom is 0.104 e. The summed E-state index contributed by atoms with van der Waals surface area (Å²) in [4.78, 5) is 2.59. The van der Waals surface area contributed by atoms with Gasteiger partial charge in [-0.2, -0.15) is 0 Å². The zero-order chi connectivity index (χ0) is 14.2. The van der Waals surface area contributed by atoms with Crippen LogP contribution >= 0.6 is 0 Å². The predicted octanol–water partition coefficient (Wildman–Crippen LogP) is 3.19. The van der Waals surface area contributed by atoms with Crippen molar-refractivity contribution in [3.05, 3.63) is 35.4 Å². The Bertz CT molecular complexity index is 466. The number of aliphatic hydroxyl groups is 1. The number of aliphatic hydroxyl groups excluding tert-OH is 1. The van der Waals surface area contributed by atoms with Crippen LogP contribution in [-0.4, -0.2) is 29.2 Å². The molecule has 1 fully saturated rings. The van der Waals surface area contributed by atoms with Gasteiger partial charge in [-0.1, -0.05) is 50.2 Å². The summed E-state index contributed by atoms with van der Waals surface area (Å²) in [5, 5.41) is 8.77. The van der Waals surface area contributed by atoms with Crippen LogP contribution in [0, 0.1) is 11.8 Å². The summed E-state index contributed by atoms with van der Waals surface area (Å²) >= 11 is 0. The average molecular weight is 271 g/mol. The van der Waals surface area contributed by atoms with Crippen molar-refractivity contribution in [2.24, 2.45) is 0 Å². The first-order chi connectivity index (χ1) is 9.83. The Labute approximate surface area is 122 Å². The molecular weight excluding hydrogens is 246 g/mol. The molecule has 0 heterocycles. The summed E-state index contributed by atoms with van der Waals surface area (Å²) in [7, 11) is 0. The van der Waals surface area contributed by atoms with E-state index in [1.807, 2.05) is 6.07 Å². The van der Waals surface area contributed by atoms with E-state index in [4.69, 9.17) is 5.11 Å². The molecule has 0 bridgehead atoms. The number of benzene rings is 1. The van der Waals surface area contributed by atoms with Crippen molar-refractivity contribution in [2.45, 2.75) is 51.6 Å². The molecule has 0 spiro atoms. The van der Waals surface area contributed by atoms with E-state index < -0.39 is 0 Å². The SMILES string of the molecule is CCN(Cc1cccc(C#CCO)c1)C1CCCCC1. The second-order valence-electron chi connectivity index (χ2n) is 5.52. The standard InChI is InChI=1S/C18H25NO/c1-2-19(18-11-4-3-5-12-18)15-17-9-6-8-16(14-17)10-7-13-20/h6,8-9,14,18,20H,2-5,11-13,15H2,1H3. The molecule has 20 heavy (non-hydrogen) atoms. The smallest absolute Gasteiger partial charge is 0.104 e. The monoisotopic (exact) mass is 271 g/mol. The van der Waals surface area contributed by atoms with Crippen molar-refractivity contribution in [3.63, 3.8) is 0 Å². The number of hydrogen-bond acceptors (Lipinski definition) is 2. The van der Waals surface area contributed by atoms with Gasteiger partial charge in [0.2, 0.25) is 0 Å². The van der Waals surface area contributed by atoms with Gasteiger partial charge in [0.1, 0.15) is 6.61 Å². The third-order valence-electron chi connectivity index (χ3n) is 4.12. The van der Waals surface area contributed by atoms with Crippen LogP contribution in [0.1, 0.15) is 50.2 Å². The zero-order valence-corrected chi connectivity index (χ0v) is 12.4. The summed E-state index contributed by atoms with van der Waals surface area (Å²) in [6, 6.07) is 9.14. The first kappa shape index (κ1) is 15.1. The Balaban J connectivity index is 2.03. The zero-order valence-electron chi connectivity index (χ0n) is 12.4. The summed E-state index contributed by atoms with van der Waals surface area (Å²) in [5.74, 6) is 5.70. The minimum Gasteiger partial charge on any atom is -0.384 e. The predicted molar refractivity (Wildman–Crippen MR) is 83.4 cm³/mol. The van der Waals surface area contributed by atoms with Gasteiger partial charge >= 0.3 is 0 Å². The highest BCUT2D eigenvalue weighted by Crippen LogP contribution is 2.24. The maximum absolute atomic E-state index is 8.77. The van der Waals surface area contributed by atoms with Gasteiger partial charge in [-0.3, -0.25) is 4.90 Å². The van der Waals surface area contributed by atoms with Crippen LogP contribution < -0.4 is 0 Å². The van der Waals surface area contributed by atoms with Gasteiger partial charge in [-0.25, -0.2) is 0 Å². The van der Waals surface area contributed by atoms with Gasteiger partial charge in [0, 0.05) is 18.2 Å². The first-order valence-electron chi connectivity index (χ1n) is 7.76. The highest BCUT2D eigenvalue weighted by Gasteiger charge is 2.19. The van der Waals surface area contributed by atoms with Crippen molar-refractivity contribution in [1.29, 1.82) is 0 Å². The van der Waals surface area contributed by atoms with E-state index in [1.54, 1.807) is 0 Å². The van der Waals surface area contributed by atoms with Crippen LogP contribution in [0.3, 0.4) is 0 Å². The highest BCUT2D eigenvalue weighted by atomic mass is 16.2. The molecule has 1 aromatic rings. The van der Waals surface area contributed by atoms with Crippen LogP contribution in [0.25, 0.3) is 0 Å². The van der Waals surface area contributed by atoms with Gasteiger partial charge in [0.25, 0.3) is 0 Å². The average Bonchev–Trinajstić information content (AvgIpc) is 2.52. The van der Waals surface area contributed by atoms with Crippen molar-refractivity contribution in [2.75, 3.05) is 13.2 Å². The van der Waals surface area contributed by atoms with Crippen molar-refractivity contribution in [3.8, 4) is 11.8 Å². The van der Waals surface area contributed by atoms with Crippen molar-refractivity contribution < 1.29 is 5.11 Å². The molecule has 0 unspecified atom stereocenters. The Kier molecular flexibility index (Phi) is 6.11. The van der Waals surface area contributed by atoms with Gasteiger partial charge in [-0.05, 0) is 37.1 Å². The fraction of sp³-hybridized carbons (Fsp3) is 0.556. The molecule has 1 aliphatic carbocycles. The molecule has 0 aromatic heterocycles. The van der Waals surface area contributed by atoms with Crippen molar-refractivity contribution >= 4 is 0 Å². The molecule has 1 N–H and O–H groups in total. The molecule has 0 atom stereocenters. The Morgan fingerprint density at radius 3 is 2.75 bits per heavy atom. The summed E-state index contributed by atoms with van der Waals surface area (Å²) < 4.78 is 0. The van der Waals surface area contributed by atoms with Gasteiger partial charge in [0.15, 0.2) is 0 Å². The van der Waals surface area contributed by atoms with Crippen molar-refractivity contribution in [1.82, 2.24) is 4.90 Å². The van der Waals surface area contributed by atoms with E-state index in [2.05, 4.69) is 41.9 Å². The lowest BCUT2D eigenvalue weighted by molar-refractivity contribution is 0.156. The van der Waals surface area contributed by atoms with Crippen LogP contribution in [0.5, 0.6) is 0 Å². The first-order valence-corrected chi connectivity index (χ1v) is 7.76. The molecule has 2 nitrogen and oxygen atoms in total. The fourth-order valence-corrected chi connectivity index (χ4v) is 3.07. The maximum atomic E-state index is 8.77. The van der Waals surface area contributed by atoms with Crippen LogP contribution in [0.15, 0.2) is 24.3 Å². The summed E-state index contributed by atoms with van der Waals surface area (Å²) in [6.45, 7) is 4.30. The molecular formula is C18H25NO. The van der Waals surface area contributed by atoms with Crippen LogP contribution in [0.2, 0.25) is 0 Å². The van der Waals surface area contributed by atoms with Gasteiger partial charge in [0.05, 0.1) is 0 Å². The van der Waals surface area contributed by atoms with E-state index >= 15 is 0 Å². The third-order valence-corrected chi connectivity index (χ3v) is 4.12.